The molecule has 0 amide bonds. The zero-order valence-corrected chi connectivity index (χ0v) is 12.0. The van der Waals surface area contributed by atoms with Gasteiger partial charge in [-0.15, -0.1) is 0 Å². The number of aromatic carboxylic acids is 1. The predicted octanol–water partition coefficient (Wildman–Crippen LogP) is 2.65. The molecular formula is C16H19NO4. The van der Waals surface area contributed by atoms with Gasteiger partial charge in [0.15, 0.2) is 0 Å². The summed E-state index contributed by atoms with van der Waals surface area (Å²) in [5, 5.41) is 13.3. The van der Waals surface area contributed by atoms with Crippen LogP contribution in [0.3, 0.4) is 0 Å². The monoisotopic (exact) mass is 289 g/mol. The molecule has 0 saturated carbocycles. The van der Waals surface area contributed by atoms with Crippen LogP contribution < -0.4 is 5.32 Å². The second kappa shape index (κ2) is 5.87. The van der Waals surface area contributed by atoms with Gasteiger partial charge in [-0.25, -0.2) is 4.79 Å². The highest BCUT2D eigenvalue weighted by Gasteiger charge is 2.24. The van der Waals surface area contributed by atoms with Crippen molar-refractivity contribution >= 4 is 16.9 Å². The first-order valence-corrected chi connectivity index (χ1v) is 7.23. The molecule has 0 radical (unpaired) electrons. The summed E-state index contributed by atoms with van der Waals surface area (Å²) in [4.78, 5) is 11.5. The Morgan fingerprint density at radius 1 is 1.43 bits per heavy atom. The second-order valence-corrected chi connectivity index (χ2v) is 5.46. The number of furan rings is 1. The Labute approximate surface area is 122 Å². The van der Waals surface area contributed by atoms with Crippen LogP contribution >= 0.6 is 0 Å². The van der Waals surface area contributed by atoms with Gasteiger partial charge in [0.2, 0.25) is 0 Å². The summed E-state index contributed by atoms with van der Waals surface area (Å²) in [6.07, 6.45) is 1.30. The molecular weight excluding hydrogens is 270 g/mol. The van der Waals surface area contributed by atoms with Gasteiger partial charge in [0, 0.05) is 18.5 Å². The smallest absolute Gasteiger partial charge is 0.339 e. The van der Waals surface area contributed by atoms with Crippen molar-refractivity contribution in [1.29, 1.82) is 0 Å². The minimum Gasteiger partial charge on any atom is -0.478 e. The lowest BCUT2D eigenvalue weighted by atomic mass is 10.0. The van der Waals surface area contributed by atoms with E-state index in [-0.39, 0.29) is 11.7 Å². The molecule has 0 bridgehead atoms. The lowest BCUT2D eigenvalue weighted by Gasteiger charge is -2.14. The molecule has 5 nitrogen and oxygen atoms in total. The van der Waals surface area contributed by atoms with Gasteiger partial charge in [-0.2, -0.15) is 0 Å². The van der Waals surface area contributed by atoms with Gasteiger partial charge in [0.25, 0.3) is 0 Å². The van der Waals surface area contributed by atoms with Crippen LogP contribution in [0.25, 0.3) is 11.0 Å². The standard InChI is InChI=1S/C16H19NO4/c1-10-11(6-7-20-10)8-17-9-14-15(16(18)19)12-4-2-3-5-13(12)21-14/h2-5,10-11,17H,6-9H2,1H3,(H,18,19). The number of benzene rings is 1. The van der Waals surface area contributed by atoms with Crippen molar-refractivity contribution in [2.45, 2.75) is 26.0 Å². The van der Waals surface area contributed by atoms with Gasteiger partial charge >= 0.3 is 5.97 Å². The molecule has 2 N–H and O–H groups in total. The third kappa shape index (κ3) is 2.80. The Morgan fingerprint density at radius 2 is 2.24 bits per heavy atom. The van der Waals surface area contributed by atoms with Gasteiger partial charge < -0.3 is 19.6 Å². The Bertz CT molecular complexity index is 649. The molecule has 2 aromatic rings. The molecule has 112 valence electrons. The van der Waals surface area contributed by atoms with Crippen molar-refractivity contribution in [3.8, 4) is 0 Å². The quantitative estimate of drug-likeness (QED) is 0.885. The van der Waals surface area contributed by atoms with E-state index in [0.29, 0.717) is 29.2 Å². The number of carboxylic acids is 1. The number of carbonyl (C=O) groups is 1. The van der Waals surface area contributed by atoms with E-state index in [1.807, 2.05) is 12.1 Å². The molecule has 21 heavy (non-hydrogen) atoms. The number of rotatable bonds is 5. The van der Waals surface area contributed by atoms with E-state index in [1.165, 1.54) is 0 Å². The second-order valence-electron chi connectivity index (χ2n) is 5.46. The van der Waals surface area contributed by atoms with Crippen molar-refractivity contribution < 1.29 is 19.1 Å². The first kappa shape index (κ1) is 14.1. The van der Waals surface area contributed by atoms with E-state index < -0.39 is 5.97 Å². The van der Waals surface area contributed by atoms with Crippen molar-refractivity contribution in [1.82, 2.24) is 5.32 Å². The van der Waals surface area contributed by atoms with Crippen molar-refractivity contribution in [3.05, 3.63) is 35.6 Å². The first-order valence-electron chi connectivity index (χ1n) is 7.23. The molecule has 1 aliphatic heterocycles. The summed E-state index contributed by atoms with van der Waals surface area (Å²) < 4.78 is 11.2. The average Bonchev–Trinajstić information content (AvgIpc) is 3.02. The normalized spacial score (nSPS) is 22.0. The molecule has 1 saturated heterocycles. The molecule has 1 aromatic carbocycles. The molecule has 0 spiro atoms. The number of para-hydroxylation sites is 1. The Morgan fingerprint density at radius 3 is 2.95 bits per heavy atom. The predicted molar refractivity (Wildman–Crippen MR) is 78.4 cm³/mol. The van der Waals surface area contributed by atoms with Crippen molar-refractivity contribution in [3.63, 3.8) is 0 Å². The number of nitrogens with one attached hydrogen (secondary N) is 1. The maximum Gasteiger partial charge on any atom is 0.339 e. The molecule has 5 heteroatoms. The Hall–Kier alpha value is -1.85. The van der Waals surface area contributed by atoms with Crippen LogP contribution in [0.5, 0.6) is 0 Å². The van der Waals surface area contributed by atoms with Gasteiger partial charge in [0.1, 0.15) is 16.9 Å². The fourth-order valence-electron chi connectivity index (χ4n) is 2.87. The maximum absolute atomic E-state index is 11.5. The molecule has 2 atom stereocenters. The highest BCUT2D eigenvalue weighted by Crippen LogP contribution is 2.26. The van der Waals surface area contributed by atoms with Crippen LogP contribution in [0.1, 0.15) is 29.5 Å². The van der Waals surface area contributed by atoms with Gasteiger partial charge in [-0.05, 0) is 25.3 Å². The molecule has 0 aliphatic carbocycles. The lowest BCUT2D eigenvalue weighted by Crippen LogP contribution is -2.27. The summed E-state index contributed by atoms with van der Waals surface area (Å²) in [7, 11) is 0. The topological polar surface area (TPSA) is 71.7 Å². The van der Waals surface area contributed by atoms with Crippen molar-refractivity contribution in [2.75, 3.05) is 13.2 Å². The third-order valence-corrected chi connectivity index (χ3v) is 4.11. The van der Waals surface area contributed by atoms with Crippen molar-refractivity contribution in [2.24, 2.45) is 5.92 Å². The van der Waals surface area contributed by atoms with Crippen LogP contribution in [0.2, 0.25) is 0 Å². The summed E-state index contributed by atoms with van der Waals surface area (Å²) >= 11 is 0. The molecule has 1 fully saturated rings. The first-order chi connectivity index (χ1) is 10.2. The highest BCUT2D eigenvalue weighted by atomic mass is 16.5. The molecule has 2 heterocycles. The molecule has 1 aromatic heterocycles. The van der Waals surface area contributed by atoms with Crippen LogP contribution in [0.15, 0.2) is 28.7 Å². The molecule has 2 unspecified atom stereocenters. The van der Waals surface area contributed by atoms with E-state index in [0.717, 1.165) is 19.6 Å². The number of carboxylic acid groups (broad SMARTS) is 1. The van der Waals surface area contributed by atoms with Gasteiger partial charge in [-0.3, -0.25) is 0 Å². The van der Waals surface area contributed by atoms with E-state index in [2.05, 4.69) is 12.2 Å². The minimum atomic E-state index is -0.950. The lowest BCUT2D eigenvalue weighted by molar-refractivity contribution is 0.0695. The summed E-state index contributed by atoms with van der Waals surface area (Å²) in [6.45, 7) is 4.10. The fraction of sp³-hybridized carbons (Fsp3) is 0.438. The van der Waals surface area contributed by atoms with Gasteiger partial charge in [-0.1, -0.05) is 18.2 Å². The SMILES string of the molecule is CC1OCCC1CNCc1oc2ccccc2c1C(=O)O. The van der Waals surface area contributed by atoms with E-state index in [9.17, 15) is 9.90 Å². The van der Waals surface area contributed by atoms with E-state index in [1.54, 1.807) is 12.1 Å². The summed E-state index contributed by atoms with van der Waals surface area (Å²) in [5.41, 5.74) is 0.873. The maximum atomic E-state index is 11.5. The fourth-order valence-corrected chi connectivity index (χ4v) is 2.87. The largest absolute Gasteiger partial charge is 0.478 e. The Balaban J connectivity index is 1.74. The summed E-state index contributed by atoms with van der Waals surface area (Å²) in [5.74, 6) is 0.00671. The molecule has 1 aliphatic rings. The van der Waals surface area contributed by atoms with Crippen LogP contribution in [-0.4, -0.2) is 30.3 Å². The third-order valence-electron chi connectivity index (χ3n) is 4.11. The van der Waals surface area contributed by atoms with Gasteiger partial charge in [0.05, 0.1) is 12.6 Å². The van der Waals surface area contributed by atoms with E-state index in [4.69, 9.17) is 9.15 Å². The highest BCUT2D eigenvalue weighted by molar-refractivity contribution is 6.03. The van der Waals surface area contributed by atoms with Crippen LogP contribution in [0.4, 0.5) is 0 Å². The van der Waals surface area contributed by atoms with Crippen LogP contribution in [0, 0.1) is 5.92 Å². The zero-order valence-electron chi connectivity index (χ0n) is 12.0. The van der Waals surface area contributed by atoms with Crippen LogP contribution in [-0.2, 0) is 11.3 Å². The van der Waals surface area contributed by atoms with E-state index >= 15 is 0 Å². The summed E-state index contributed by atoms with van der Waals surface area (Å²) in [6, 6.07) is 7.22. The number of ether oxygens (including phenoxy) is 1. The zero-order chi connectivity index (χ0) is 14.8. The number of hydrogen-bond donors (Lipinski definition) is 2. The number of fused-ring (bicyclic) bond motifs is 1. The number of hydrogen-bond acceptors (Lipinski definition) is 4. The minimum absolute atomic E-state index is 0.257. The Kier molecular flexibility index (Phi) is 3.94. The molecule has 3 rings (SSSR count). The average molecular weight is 289 g/mol.